The fourth-order valence-electron chi connectivity index (χ4n) is 6.53. The second-order valence-electron chi connectivity index (χ2n) is 12.5. The van der Waals surface area contributed by atoms with E-state index < -0.39 is 0 Å². The van der Waals surface area contributed by atoms with Crippen LogP contribution in [0.25, 0.3) is 49.3 Å². The van der Waals surface area contributed by atoms with E-state index in [9.17, 15) is 15.5 Å². The number of azo groups is 2. The first-order valence-corrected chi connectivity index (χ1v) is 16.3. The molecule has 12 heteroatoms. The molecule has 52 heavy (non-hydrogen) atoms. The number of nitrogens with zero attached hydrogens (tertiary/aromatic N) is 10. The molecule has 0 aliphatic carbocycles. The third kappa shape index (κ3) is 4.89. The van der Waals surface area contributed by atoms with E-state index >= 15 is 0 Å². The zero-order valence-corrected chi connectivity index (χ0v) is 28.4. The Morgan fingerprint density at radius 3 is 1.63 bits per heavy atom. The summed E-state index contributed by atoms with van der Waals surface area (Å²) in [5.74, 6) is -0.273. The van der Waals surface area contributed by atoms with Crippen LogP contribution in [0.5, 0.6) is 11.8 Å². The molecule has 12 nitrogen and oxygen atoms in total. The molecule has 4 aromatic heterocycles. The van der Waals surface area contributed by atoms with Crippen molar-refractivity contribution in [3.63, 3.8) is 0 Å². The lowest BCUT2D eigenvalue weighted by atomic mass is 10.0. The van der Waals surface area contributed by atoms with Gasteiger partial charge in [0.15, 0.2) is 11.3 Å². The van der Waals surface area contributed by atoms with Gasteiger partial charge in [0.2, 0.25) is 17.4 Å². The van der Waals surface area contributed by atoms with Crippen molar-refractivity contribution in [2.45, 2.75) is 27.7 Å². The van der Waals surface area contributed by atoms with Crippen LogP contribution >= 0.6 is 0 Å². The topological polar surface area (TPSA) is 153 Å². The summed E-state index contributed by atoms with van der Waals surface area (Å²) in [7, 11) is 0. The summed E-state index contributed by atoms with van der Waals surface area (Å²) in [6.07, 6.45) is 0. The van der Waals surface area contributed by atoms with Crippen LogP contribution in [0.4, 0.5) is 28.4 Å². The van der Waals surface area contributed by atoms with Crippen molar-refractivity contribution in [3.05, 3.63) is 124 Å². The first-order chi connectivity index (χ1) is 25.2. The molecule has 0 unspecified atom stereocenters. The summed E-state index contributed by atoms with van der Waals surface area (Å²) in [4.78, 5) is 12.8. The third-order valence-corrected chi connectivity index (χ3v) is 9.31. The number of aryl methyl sites for hydroxylation is 2. The summed E-state index contributed by atoms with van der Waals surface area (Å²) < 4.78 is 3.07. The van der Waals surface area contributed by atoms with Crippen molar-refractivity contribution in [2.75, 3.05) is 0 Å². The van der Waals surface area contributed by atoms with Crippen LogP contribution in [-0.4, -0.2) is 29.0 Å². The van der Waals surface area contributed by atoms with E-state index in [0.717, 1.165) is 22.3 Å². The summed E-state index contributed by atoms with van der Waals surface area (Å²) >= 11 is 0. The standard InChI is InChI=1S/C40H28N10O2/c1-21-18-25(14-16-28(21)45-47-35-23(3)27(20-41)37-43-30-10-6-8-12-32(30)49(37)39(35)51)26-15-17-29(22(2)19-26)46-48-36-24(4)34(42-5)38-44-31-11-7-9-13-33(31)50(38)40(36)52/h6-19,51-52H,1-4H3. The lowest BCUT2D eigenvalue weighted by Gasteiger charge is -2.10. The maximum atomic E-state index is 11.3. The molecule has 0 atom stereocenters. The Morgan fingerprint density at radius 1 is 0.654 bits per heavy atom. The van der Waals surface area contributed by atoms with E-state index in [-0.39, 0.29) is 23.1 Å². The number of hydrogen-bond donors (Lipinski definition) is 2. The highest BCUT2D eigenvalue weighted by molar-refractivity contribution is 5.91. The first kappa shape index (κ1) is 31.8. The Bertz CT molecular complexity index is 2760. The van der Waals surface area contributed by atoms with Gasteiger partial charge in [-0.05, 0) is 104 Å². The van der Waals surface area contributed by atoms with E-state index in [2.05, 4.69) is 41.3 Å². The molecule has 0 amide bonds. The van der Waals surface area contributed by atoms with Crippen molar-refractivity contribution in [1.82, 2.24) is 18.8 Å². The summed E-state index contributed by atoms with van der Waals surface area (Å²) in [5.41, 5.74) is 10.3. The molecule has 4 aromatic carbocycles. The number of hydrogen-bond acceptors (Lipinski definition) is 9. The molecule has 0 bridgehead atoms. The van der Waals surface area contributed by atoms with Crippen LogP contribution in [0.2, 0.25) is 0 Å². The van der Waals surface area contributed by atoms with Crippen LogP contribution in [0.3, 0.4) is 0 Å². The monoisotopic (exact) mass is 680 g/mol. The van der Waals surface area contributed by atoms with Gasteiger partial charge in [-0.2, -0.15) is 15.5 Å². The number of nitriles is 1. The van der Waals surface area contributed by atoms with Gasteiger partial charge in [-0.15, -0.1) is 10.2 Å². The minimum atomic E-state index is -0.140. The van der Waals surface area contributed by atoms with Crippen molar-refractivity contribution >= 4 is 61.8 Å². The fraction of sp³-hybridized carbons (Fsp3) is 0.100. The molecule has 0 fully saturated rings. The van der Waals surface area contributed by atoms with E-state index in [1.165, 1.54) is 4.40 Å². The molecule has 0 aliphatic rings. The predicted molar refractivity (Wildman–Crippen MR) is 199 cm³/mol. The number of rotatable bonds is 5. The molecule has 0 saturated carbocycles. The van der Waals surface area contributed by atoms with Crippen molar-refractivity contribution in [1.29, 1.82) is 5.26 Å². The highest BCUT2D eigenvalue weighted by Crippen LogP contribution is 2.43. The van der Waals surface area contributed by atoms with Crippen molar-refractivity contribution < 1.29 is 10.2 Å². The Morgan fingerprint density at radius 2 is 1.13 bits per heavy atom. The maximum absolute atomic E-state index is 11.3. The lowest BCUT2D eigenvalue weighted by molar-refractivity contribution is 0.448. The van der Waals surface area contributed by atoms with E-state index in [1.807, 2.05) is 98.8 Å². The molecule has 250 valence electrons. The minimum Gasteiger partial charge on any atom is -0.493 e. The van der Waals surface area contributed by atoms with Gasteiger partial charge in [-0.3, -0.25) is 8.80 Å². The van der Waals surface area contributed by atoms with Crippen LogP contribution in [-0.2, 0) is 0 Å². The van der Waals surface area contributed by atoms with Gasteiger partial charge >= 0.3 is 0 Å². The van der Waals surface area contributed by atoms with Gasteiger partial charge in [0.05, 0.1) is 40.0 Å². The fourth-order valence-corrected chi connectivity index (χ4v) is 6.53. The zero-order valence-electron chi connectivity index (χ0n) is 28.4. The molecule has 8 rings (SSSR count). The van der Waals surface area contributed by atoms with Crippen LogP contribution in [0.15, 0.2) is 105 Å². The van der Waals surface area contributed by atoms with Gasteiger partial charge in [-0.1, -0.05) is 36.4 Å². The molecule has 0 saturated heterocycles. The summed E-state index contributed by atoms with van der Waals surface area (Å²) in [6, 6.07) is 28.5. The largest absolute Gasteiger partial charge is 0.493 e. The van der Waals surface area contributed by atoms with Crippen molar-refractivity contribution in [3.8, 4) is 29.0 Å². The number of imidazole rings is 2. The Balaban J connectivity index is 1.10. The van der Waals surface area contributed by atoms with E-state index in [1.54, 1.807) is 18.2 Å². The lowest BCUT2D eigenvalue weighted by Crippen LogP contribution is -1.95. The molecule has 0 spiro atoms. The molecule has 8 aromatic rings. The molecule has 0 radical (unpaired) electrons. The molecule has 2 N–H and O–H groups in total. The maximum Gasteiger partial charge on any atom is 0.234 e. The minimum absolute atomic E-state index is 0.133. The zero-order chi connectivity index (χ0) is 36.3. The number of para-hydroxylation sites is 4. The van der Waals surface area contributed by atoms with Gasteiger partial charge in [-0.25, -0.2) is 14.8 Å². The second kappa shape index (κ2) is 12.2. The van der Waals surface area contributed by atoms with E-state index in [4.69, 9.17) is 6.57 Å². The SMILES string of the molecule is [C-]#[N+]c1c(C)c(N=Nc2ccc(-c3ccc(N=Nc4c(C)c(C#N)c5nc6ccccc6n5c4O)c(C)c3)cc2C)c(O)n2c1nc1ccccc12. The Kier molecular flexibility index (Phi) is 7.44. The molecule has 0 aliphatic heterocycles. The first-order valence-electron chi connectivity index (χ1n) is 16.3. The van der Waals surface area contributed by atoms with Gasteiger partial charge in [0.1, 0.15) is 23.0 Å². The normalized spacial score (nSPS) is 11.8. The van der Waals surface area contributed by atoms with Gasteiger partial charge < -0.3 is 10.2 Å². The van der Waals surface area contributed by atoms with Crippen molar-refractivity contribution in [2.24, 2.45) is 20.5 Å². The molecular formula is C40H28N10O2. The average molecular weight is 681 g/mol. The van der Waals surface area contributed by atoms with Crippen LogP contribution in [0, 0.1) is 45.6 Å². The number of fused-ring (bicyclic) bond motifs is 6. The van der Waals surface area contributed by atoms with Crippen LogP contribution in [0.1, 0.15) is 27.8 Å². The van der Waals surface area contributed by atoms with Gasteiger partial charge in [0.25, 0.3) is 0 Å². The van der Waals surface area contributed by atoms with Crippen LogP contribution < -0.4 is 0 Å². The van der Waals surface area contributed by atoms with Gasteiger partial charge in [0, 0.05) is 5.56 Å². The number of benzene rings is 4. The Labute approximate surface area is 296 Å². The predicted octanol–water partition coefficient (Wildman–Crippen LogP) is 10.9. The molecular weight excluding hydrogens is 653 g/mol. The number of aromatic nitrogens is 4. The summed E-state index contributed by atoms with van der Waals surface area (Å²) in [5, 5.41) is 50.3. The second-order valence-corrected chi connectivity index (χ2v) is 12.5. The Hall–Kier alpha value is -7.44. The summed E-state index contributed by atoms with van der Waals surface area (Å²) in [6.45, 7) is 15.1. The highest BCUT2D eigenvalue weighted by Gasteiger charge is 2.22. The quantitative estimate of drug-likeness (QED) is 0.137. The molecule has 4 heterocycles. The van der Waals surface area contributed by atoms with E-state index in [0.29, 0.717) is 67.1 Å². The highest BCUT2D eigenvalue weighted by atomic mass is 16.3. The third-order valence-electron chi connectivity index (χ3n) is 9.31. The number of aromatic hydroxyl groups is 2. The number of pyridine rings is 2. The smallest absolute Gasteiger partial charge is 0.234 e. The average Bonchev–Trinajstić information content (AvgIpc) is 3.72.